The topological polar surface area (TPSA) is 286 Å². The molecule has 0 saturated carbocycles. The van der Waals surface area contributed by atoms with Gasteiger partial charge in [-0.05, 0) is 61.4 Å². The number of carbonyl (C=O) groups is 8. The van der Waals surface area contributed by atoms with Crippen LogP contribution in [-0.2, 0) is 40.1 Å². The van der Waals surface area contributed by atoms with E-state index in [1.807, 2.05) is 27.7 Å². The summed E-state index contributed by atoms with van der Waals surface area (Å²) in [6, 6.07) is 9.95. The standard InChI is InChI=1S/C62H77N9O15S/c1-34(2)42-27-54(73)68(58(42)76)18-15-52(72)63-17-22-83-21-16-53(87)67-55(35(3)4)57(75)65-38(7)56(74)66-40-13-11-39(12-14-40)33-86-62(80)71-46-29-51(49(82-9)26-44(46)60(78)70-32-37(6)24-47(70)61(71)79)85-20-10-19-84-50-28-45-43(25-48(50)81-8)59(77)69-31-36(5)23-41(69)30-64-45/h11-14,25-26,28-30,34-35,38,41-42,47,55,61,79H,5-6,10,15-24,27,31-33H2,1-4,7-9H3,(H,63,72)(H,65,75)(H,66,74)(H,67,87)/t38-,41-,42?,47-,55-,61-/m0/s1. The van der Waals surface area contributed by atoms with Crippen LogP contribution >= 0.6 is 12.2 Å². The molecule has 5 aliphatic rings. The summed E-state index contributed by atoms with van der Waals surface area (Å²) in [6.07, 6.45) is 0.921. The van der Waals surface area contributed by atoms with Gasteiger partial charge in [0.05, 0.1) is 80.2 Å². The fourth-order valence-electron chi connectivity index (χ4n) is 10.8. The van der Waals surface area contributed by atoms with Gasteiger partial charge in [-0.2, -0.15) is 0 Å². The Labute approximate surface area is 510 Å². The number of carbonyl (C=O) groups excluding carboxylic acids is 8. The molecule has 3 fully saturated rings. The number of hydrogen-bond acceptors (Lipinski definition) is 17. The number of aliphatic hydroxyl groups excluding tert-OH is 1. The molecule has 25 heteroatoms. The third-order valence-corrected chi connectivity index (χ3v) is 16.0. The summed E-state index contributed by atoms with van der Waals surface area (Å²) in [5.74, 6) is -1.79. The van der Waals surface area contributed by atoms with E-state index < -0.39 is 48.2 Å². The molecule has 0 bridgehead atoms. The van der Waals surface area contributed by atoms with Crippen molar-refractivity contribution < 1.29 is 71.9 Å². The van der Waals surface area contributed by atoms with E-state index in [-0.39, 0.29) is 149 Å². The molecule has 0 aliphatic carbocycles. The summed E-state index contributed by atoms with van der Waals surface area (Å²) in [7, 11) is 2.91. The van der Waals surface area contributed by atoms with Crippen LogP contribution in [0.5, 0.6) is 23.0 Å². The third-order valence-electron chi connectivity index (χ3n) is 15.7. The SMILES string of the molecule is C=C1C[C@H]2C=Nc3cc(OCCCOc4cc5c(cc4OC)C(=O)N4CC(=C)C[C@H]4[C@H](O)N5C(=O)OCc4ccc(NC(=O)[C@H](C)NC(=O)[C@@H](NC(=S)CCOCCNC(=O)CCN5C(=O)CC(C(C)C)C5=O)C(C)C)cc4)c(OC)cc3C(=O)N2C1. The highest BCUT2D eigenvalue weighted by atomic mass is 32.1. The predicted octanol–water partition coefficient (Wildman–Crippen LogP) is 5.61. The van der Waals surface area contributed by atoms with Gasteiger partial charge in [-0.1, -0.05) is 76.3 Å². The Morgan fingerprint density at radius 1 is 0.770 bits per heavy atom. The monoisotopic (exact) mass is 1220 g/mol. The molecule has 8 amide bonds. The maximum absolute atomic E-state index is 14.2. The number of aliphatic hydroxyl groups is 1. The van der Waals surface area contributed by atoms with Crippen molar-refractivity contribution in [2.75, 3.05) is 77.0 Å². The quantitative estimate of drug-likeness (QED) is 0.0282. The number of aliphatic imine (C=N–C) groups is 1. The molecule has 1 unspecified atom stereocenters. The van der Waals surface area contributed by atoms with Gasteiger partial charge in [0.1, 0.15) is 18.7 Å². The van der Waals surface area contributed by atoms with Crippen molar-refractivity contribution in [2.24, 2.45) is 22.7 Å². The average Bonchev–Trinajstić information content (AvgIpc) is 1.80. The predicted molar refractivity (Wildman–Crippen MR) is 325 cm³/mol. The summed E-state index contributed by atoms with van der Waals surface area (Å²) in [6.45, 7) is 18.3. The number of nitrogens with one attached hydrogen (secondary N) is 4. The lowest BCUT2D eigenvalue weighted by molar-refractivity contribution is -0.140. The first-order chi connectivity index (χ1) is 41.6. The molecule has 87 heavy (non-hydrogen) atoms. The van der Waals surface area contributed by atoms with E-state index in [4.69, 9.17) is 40.6 Å². The van der Waals surface area contributed by atoms with Crippen molar-refractivity contribution in [3.8, 4) is 23.0 Å². The highest BCUT2D eigenvalue weighted by Crippen LogP contribution is 2.43. The van der Waals surface area contributed by atoms with Crippen LogP contribution in [0.2, 0.25) is 0 Å². The third kappa shape index (κ3) is 15.4. The van der Waals surface area contributed by atoms with Gasteiger partial charge in [0.2, 0.25) is 29.5 Å². The van der Waals surface area contributed by atoms with Gasteiger partial charge in [0, 0.05) is 81.8 Å². The number of hydrogen-bond donors (Lipinski definition) is 5. The highest BCUT2D eigenvalue weighted by molar-refractivity contribution is 7.80. The van der Waals surface area contributed by atoms with Gasteiger partial charge in [-0.15, -0.1) is 0 Å². The smallest absolute Gasteiger partial charge is 0.416 e. The first-order valence-electron chi connectivity index (χ1n) is 29.1. The van der Waals surface area contributed by atoms with Crippen LogP contribution in [-0.4, -0.2) is 176 Å². The first kappa shape index (κ1) is 64.6. The minimum absolute atomic E-state index is 0.00688. The molecular formula is C62H77N9O15S. The Morgan fingerprint density at radius 3 is 2.09 bits per heavy atom. The van der Waals surface area contributed by atoms with E-state index >= 15 is 0 Å². The number of amides is 8. The van der Waals surface area contributed by atoms with E-state index in [1.54, 1.807) is 54.4 Å². The van der Waals surface area contributed by atoms with Gasteiger partial charge >= 0.3 is 6.09 Å². The van der Waals surface area contributed by atoms with Gasteiger partial charge in [0.25, 0.3) is 11.8 Å². The molecule has 0 spiro atoms. The Bertz CT molecular complexity index is 3210. The second-order valence-corrected chi connectivity index (χ2v) is 23.2. The van der Waals surface area contributed by atoms with Crippen molar-refractivity contribution in [1.82, 2.24) is 30.7 Å². The molecule has 466 valence electrons. The average molecular weight is 1220 g/mol. The molecular weight excluding hydrogens is 1140 g/mol. The van der Waals surface area contributed by atoms with E-state index in [2.05, 4.69) is 39.4 Å². The summed E-state index contributed by atoms with van der Waals surface area (Å²) in [5, 5.41) is 23.2. The fraction of sp³-hybridized carbons (Fsp3) is 0.484. The number of anilines is 2. The minimum atomic E-state index is -1.55. The van der Waals surface area contributed by atoms with Crippen LogP contribution in [0.15, 0.2) is 77.8 Å². The zero-order valence-electron chi connectivity index (χ0n) is 50.1. The molecule has 3 aromatic rings. The Morgan fingerprint density at radius 2 is 1.43 bits per heavy atom. The lowest BCUT2D eigenvalue weighted by Crippen LogP contribution is -2.53. The van der Waals surface area contributed by atoms with Gasteiger partial charge in [-0.3, -0.25) is 43.5 Å². The normalized spacial score (nSPS) is 19.4. The second kappa shape index (κ2) is 28.8. The van der Waals surface area contributed by atoms with E-state index in [1.165, 1.54) is 31.3 Å². The zero-order chi connectivity index (χ0) is 62.8. The van der Waals surface area contributed by atoms with E-state index in [0.717, 1.165) is 15.4 Å². The number of benzene rings is 3. The van der Waals surface area contributed by atoms with Crippen LogP contribution in [0.25, 0.3) is 0 Å². The molecule has 6 atom stereocenters. The van der Waals surface area contributed by atoms with Crippen LogP contribution in [0.1, 0.15) is 99.4 Å². The summed E-state index contributed by atoms with van der Waals surface area (Å²) in [4.78, 5) is 116. The number of nitrogens with zero attached hydrogens (tertiary/aromatic N) is 5. The molecule has 5 N–H and O–H groups in total. The van der Waals surface area contributed by atoms with Crippen molar-refractivity contribution in [3.05, 3.63) is 89.5 Å². The number of ether oxygens (including phenoxy) is 6. The first-order valence-corrected chi connectivity index (χ1v) is 29.5. The number of imide groups is 1. The van der Waals surface area contributed by atoms with Crippen molar-refractivity contribution in [3.63, 3.8) is 0 Å². The zero-order valence-corrected chi connectivity index (χ0v) is 51.0. The molecule has 3 saturated heterocycles. The number of likely N-dealkylation sites (tertiary alicyclic amines) is 1. The number of methoxy groups -OCH3 is 2. The summed E-state index contributed by atoms with van der Waals surface area (Å²) >= 11 is 5.51. The minimum Gasteiger partial charge on any atom is -0.493 e. The lowest BCUT2D eigenvalue weighted by Gasteiger charge is -2.31. The van der Waals surface area contributed by atoms with Crippen molar-refractivity contribution in [2.45, 2.75) is 110 Å². The Kier molecular flexibility index (Phi) is 21.4. The molecule has 24 nitrogen and oxygen atoms in total. The van der Waals surface area contributed by atoms with Crippen molar-refractivity contribution in [1.29, 1.82) is 0 Å². The van der Waals surface area contributed by atoms with Gasteiger partial charge in [0.15, 0.2) is 29.2 Å². The maximum Gasteiger partial charge on any atom is 0.416 e. The molecule has 5 heterocycles. The van der Waals surface area contributed by atoms with Crippen LogP contribution in [0.4, 0.5) is 21.9 Å². The van der Waals surface area contributed by atoms with Crippen LogP contribution < -0.4 is 45.1 Å². The van der Waals surface area contributed by atoms with E-state index in [9.17, 15) is 43.5 Å². The summed E-state index contributed by atoms with van der Waals surface area (Å²) < 4.78 is 35.0. The molecule has 0 radical (unpaired) electrons. The fourth-order valence-corrected chi connectivity index (χ4v) is 11.0. The van der Waals surface area contributed by atoms with Crippen molar-refractivity contribution >= 4 is 87.9 Å². The highest BCUT2D eigenvalue weighted by Gasteiger charge is 2.47. The van der Waals surface area contributed by atoms with Gasteiger partial charge in [-0.25, -0.2) is 9.69 Å². The Balaban J connectivity index is 0.804. The Hall–Kier alpha value is -8.42. The number of thiocarbonyl (C=S) groups is 1. The van der Waals surface area contributed by atoms with Crippen LogP contribution in [0, 0.1) is 17.8 Å². The number of fused-ring (bicyclic) bond motifs is 4. The molecule has 3 aromatic carbocycles. The molecule has 8 rings (SSSR count). The van der Waals surface area contributed by atoms with Crippen LogP contribution in [0.3, 0.4) is 0 Å². The lowest BCUT2D eigenvalue weighted by atomic mass is 9.94. The van der Waals surface area contributed by atoms with Gasteiger partial charge < -0.3 is 64.6 Å². The molecule has 5 aliphatic heterocycles. The summed E-state index contributed by atoms with van der Waals surface area (Å²) in [5.41, 5.74) is 3.53. The number of rotatable bonds is 26. The second-order valence-electron chi connectivity index (χ2n) is 22.7. The molecule has 0 aromatic heterocycles. The van der Waals surface area contributed by atoms with E-state index in [0.29, 0.717) is 63.9 Å². The maximum atomic E-state index is 14.2. The largest absolute Gasteiger partial charge is 0.493 e.